The van der Waals surface area contributed by atoms with Gasteiger partial charge in [-0.3, -0.25) is 9.59 Å². The highest BCUT2D eigenvalue weighted by Crippen LogP contribution is 2.25. The first-order chi connectivity index (χ1) is 8.22. The van der Waals surface area contributed by atoms with E-state index in [2.05, 4.69) is 11.9 Å². The molecule has 0 bridgehead atoms. The van der Waals surface area contributed by atoms with Crippen molar-refractivity contribution in [2.75, 3.05) is 0 Å². The van der Waals surface area contributed by atoms with Crippen molar-refractivity contribution in [3.8, 4) is 0 Å². The van der Waals surface area contributed by atoms with E-state index in [1.165, 1.54) is 0 Å². The van der Waals surface area contributed by atoms with Crippen LogP contribution in [0.2, 0.25) is 0 Å². The van der Waals surface area contributed by atoms with Gasteiger partial charge in [-0.15, -0.1) is 6.58 Å². The molecule has 102 valence electrons. The lowest BCUT2D eigenvalue weighted by Gasteiger charge is -2.47. The highest BCUT2D eigenvalue weighted by Gasteiger charge is 2.47. The second kappa shape index (κ2) is 5.12. The predicted molar refractivity (Wildman–Crippen MR) is 72.0 cm³/mol. The SMILES string of the molecule is C=CCC(C)N1C(=O)C(C)(C)NC(=O)C1C(C)C. The van der Waals surface area contributed by atoms with Gasteiger partial charge < -0.3 is 10.2 Å². The maximum Gasteiger partial charge on any atom is 0.248 e. The molecule has 1 rings (SSSR count). The molecule has 2 unspecified atom stereocenters. The van der Waals surface area contributed by atoms with Crippen LogP contribution in [0.5, 0.6) is 0 Å². The third-order valence-electron chi connectivity index (χ3n) is 3.39. The zero-order chi connectivity index (χ0) is 14.1. The summed E-state index contributed by atoms with van der Waals surface area (Å²) < 4.78 is 0. The largest absolute Gasteiger partial charge is 0.340 e. The quantitative estimate of drug-likeness (QED) is 0.774. The standard InChI is InChI=1S/C14H24N2O2/c1-7-8-10(4)16-11(9(2)3)12(17)15-14(5,6)13(16)18/h7,9-11H,1,8H2,2-6H3,(H,15,17). The predicted octanol–water partition coefficient (Wildman–Crippen LogP) is 1.71. The van der Waals surface area contributed by atoms with E-state index in [0.717, 1.165) is 0 Å². The van der Waals surface area contributed by atoms with Gasteiger partial charge in [-0.25, -0.2) is 0 Å². The smallest absolute Gasteiger partial charge is 0.248 e. The van der Waals surface area contributed by atoms with Gasteiger partial charge in [-0.1, -0.05) is 19.9 Å². The first-order valence-corrected chi connectivity index (χ1v) is 6.48. The van der Waals surface area contributed by atoms with Gasteiger partial charge in [-0.05, 0) is 33.1 Å². The molecule has 4 heteroatoms. The van der Waals surface area contributed by atoms with E-state index >= 15 is 0 Å². The fraction of sp³-hybridized carbons (Fsp3) is 0.714. The minimum atomic E-state index is -0.822. The Balaban J connectivity index is 3.13. The van der Waals surface area contributed by atoms with E-state index in [4.69, 9.17) is 0 Å². The highest BCUT2D eigenvalue weighted by atomic mass is 16.2. The molecule has 0 radical (unpaired) electrons. The third-order valence-corrected chi connectivity index (χ3v) is 3.39. The number of nitrogens with one attached hydrogen (secondary N) is 1. The lowest BCUT2D eigenvalue weighted by Crippen LogP contribution is -2.70. The molecule has 1 aliphatic heterocycles. The van der Waals surface area contributed by atoms with Gasteiger partial charge in [0.2, 0.25) is 11.8 Å². The van der Waals surface area contributed by atoms with E-state index in [1.54, 1.807) is 24.8 Å². The van der Waals surface area contributed by atoms with Crippen molar-refractivity contribution in [3.63, 3.8) is 0 Å². The van der Waals surface area contributed by atoms with Crippen molar-refractivity contribution >= 4 is 11.8 Å². The van der Waals surface area contributed by atoms with Crippen LogP contribution in [0.25, 0.3) is 0 Å². The molecule has 4 nitrogen and oxygen atoms in total. The van der Waals surface area contributed by atoms with Gasteiger partial charge in [0.15, 0.2) is 0 Å². The number of carbonyl (C=O) groups excluding carboxylic acids is 2. The Bertz CT molecular complexity index is 361. The summed E-state index contributed by atoms with van der Waals surface area (Å²) in [6.07, 6.45) is 2.48. The van der Waals surface area contributed by atoms with Crippen LogP contribution in [-0.4, -0.2) is 34.3 Å². The highest BCUT2D eigenvalue weighted by molar-refractivity contribution is 5.99. The molecule has 2 amide bonds. The molecule has 1 heterocycles. The van der Waals surface area contributed by atoms with Crippen LogP contribution < -0.4 is 5.32 Å². The lowest BCUT2D eigenvalue weighted by molar-refractivity contribution is -0.158. The van der Waals surface area contributed by atoms with E-state index < -0.39 is 5.54 Å². The summed E-state index contributed by atoms with van der Waals surface area (Å²) in [7, 11) is 0. The summed E-state index contributed by atoms with van der Waals surface area (Å²) in [4.78, 5) is 26.4. The van der Waals surface area contributed by atoms with E-state index in [-0.39, 0.29) is 29.8 Å². The molecule has 2 atom stereocenters. The zero-order valence-corrected chi connectivity index (χ0v) is 12.0. The minimum Gasteiger partial charge on any atom is -0.340 e. The molecule has 1 N–H and O–H groups in total. The van der Waals surface area contributed by atoms with E-state index in [9.17, 15) is 9.59 Å². The monoisotopic (exact) mass is 252 g/mol. The van der Waals surface area contributed by atoms with Crippen molar-refractivity contribution in [3.05, 3.63) is 12.7 Å². The van der Waals surface area contributed by atoms with E-state index in [1.807, 2.05) is 20.8 Å². The zero-order valence-electron chi connectivity index (χ0n) is 12.0. The van der Waals surface area contributed by atoms with Gasteiger partial charge in [-0.2, -0.15) is 0 Å². The Kier molecular flexibility index (Phi) is 4.20. The Hall–Kier alpha value is -1.32. The number of piperazine rings is 1. The molecule has 18 heavy (non-hydrogen) atoms. The van der Waals surface area contributed by atoms with Gasteiger partial charge in [0.1, 0.15) is 11.6 Å². The maximum atomic E-state index is 12.5. The maximum absolute atomic E-state index is 12.5. The first kappa shape index (κ1) is 14.7. The van der Waals surface area contributed by atoms with Crippen LogP contribution in [0.15, 0.2) is 12.7 Å². The molecule has 1 aliphatic rings. The Morgan fingerprint density at radius 2 is 1.94 bits per heavy atom. The summed E-state index contributed by atoms with van der Waals surface area (Å²) >= 11 is 0. The summed E-state index contributed by atoms with van der Waals surface area (Å²) in [5, 5.41) is 2.81. The van der Waals surface area contributed by atoms with Crippen LogP contribution in [0.4, 0.5) is 0 Å². The van der Waals surface area contributed by atoms with Gasteiger partial charge in [0.05, 0.1) is 0 Å². The number of carbonyl (C=O) groups is 2. The molecule has 0 saturated carbocycles. The van der Waals surface area contributed by atoms with Gasteiger partial charge in [0.25, 0.3) is 0 Å². The summed E-state index contributed by atoms with van der Waals surface area (Å²) in [6, 6.07) is -0.395. The summed E-state index contributed by atoms with van der Waals surface area (Å²) in [5.74, 6) is 0.0120. The average molecular weight is 252 g/mol. The van der Waals surface area contributed by atoms with E-state index in [0.29, 0.717) is 6.42 Å². The summed E-state index contributed by atoms with van der Waals surface area (Å²) in [6.45, 7) is 13.1. The number of hydrogen-bond acceptors (Lipinski definition) is 2. The fourth-order valence-electron chi connectivity index (χ4n) is 2.46. The second-order valence-corrected chi connectivity index (χ2v) is 5.89. The lowest BCUT2D eigenvalue weighted by atomic mass is 9.89. The Morgan fingerprint density at radius 1 is 1.39 bits per heavy atom. The van der Waals surface area contributed by atoms with Gasteiger partial charge >= 0.3 is 0 Å². The Labute approximate surface area is 109 Å². The molecular formula is C14H24N2O2. The molecule has 0 aromatic carbocycles. The number of rotatable bonds is 4. The third kappa shape index (κ3) is 2.57. The van der Waals surface area contributed by atoms with Crippen LogP contribution in [0.1, 0.15) is 41.0 Å². The topological polar surface area (TPSA) is 49.4 Å². The number of nitrogens with zero attached hydrogens (tertiary/aromatic N) is 1. The number of hydrogen-bond donors (Lipinski definition) is 1. The van der Waals surface area contributed by atoms with Crippen LogP contribution in [0, 0.1) is 5.92 Å². The van der Waals surface area contributed by atoms with Crippen LogP contribution in [0.3, 0.4) is 0 Å². The van der Waals surface area contributed by atoms with Crippen molar-refractivity contribution < 1.29 is 9.59 Å². The van der Waals surface area contributed by atoms with Gasteiger partial charge in [0, 0.05) is 6.04 Å². The molecule has 1 fully saturated rings. The molecule has 0 aliphatic carbocycles. The fourth-order valence-corrected chi connectivity index (χ4v) is 2.46. The first-order valence-electron chi connectivity index (χ1n) is 6.48. The molecular weight excluding hydrogens is 228 g/mol. The molecule has 0 aromatic heterocycles. The second-order valence-electron chi connectivity index (χ2n) is 5.89. The van der Waals surface area contributed by atoms with Crippen molar-refractivity contribution in [1.82, 2.24) is 10.2 Å². The minimum absolute atomic E-state index is 0.00674. The molecule has 0 aromatic rings. The van der Waals surface area contributed by atoms with Crippen molar-refractivity contribution in [2.24, 2.45) is 5.92 Å². The Morgan fingerprint density at radius 3 is 2.39 bits per heavy atom. The summed E-state index contributed by atoms with van der Waals surface area (Å²) in [5.41, 5.74) is -0.822. The normalized spacial score (nSPS) is 25.0. The van der Waals surface area contributed by atoms with Crippen LogP contribution in [-0.2, 0) is 9.59 Å². The number of amides is 2. The van der Waals surface area contributed by atoms with Crippen molar-refractivity contribution in [2.45, 2.75) is 58.7 Å². The van der Waals surface area contributed by atoms with Crippen LogP contribution >= 0.6 is 0 Å². The molecule has 1 saturated heterocycles. The average Bonchev–Trinajstić information content (AvgIpc) is 2.21. The van der Waals surface area contributed by atoms with Crippen molar-refractivity contribution in [1.29, 1.82) is 0 Å². The molecule has 0 spiro atoms.